The van der Waals surface area contributed by atoms with Gasteiger partial charge in [-0.3, -0.25) is 0 Å². The van der Waals surface area contributed by atoms with E-state index in [9.17, 15) is 0 Å². The molecule has 4 nitrogen and oxygen atoms in total. The van der Waals surface area contributed by atoms with Gasteiger partial charge in [-0.1, -0.05) is 6.07 Å². The van der Waals surface area contributed by atoms with Gasteiger partial charge in [0, 0.05) is 13.1 Å². The lowest BCUT2D eigenvalue weighted by molar-refractivity contribution is 0.123. The fraction of sp³-hybridized carbons (Fsp3) is 0.533. The summed E-state index contributed by atoms with van der Waals surface area (Å²) in [7, 11) is 0. The maximum Gasteiger partial charge on any atom is 0.0979 e. The van der Waals surface area contributed by atoms with Crippen LogP contribution in [0.4, 0.5) is 11.4 Å². The zero-order chi connectivity index (χ0) is 13.7. The van der Waals surface area contributed by atoms with Gasteiger partial charge in [-0.15, -0.1) is 0 Å². The highest BCUT2D eigenvalue weighted by atomic mass is 16.5. The van der Waals surface area contributed by atoms with Crippen LogP contribution in [0.2, 0.25) is 0 Å². The normalized spacial score (nSPS) is 15.3. The fourth-order valence-electron chi connectivity index (χ4n) is 1.98. The summed E-state index contributed by atoms with van der Waals surface area (Å²) in [5.74, 6) is 0. The van der Waals surface area contributed by atoms with Gasteiger partial charge in [0.25, 0.3) is 0 Å². The number of ether oxygens (including phenoxy) is 1. The molecule has 1 saturated heterocycles. The molecule has 19 heavy (non-hydrogen) atoms. The third-order valence-electron chi connectivity index (χ3n) is 2.97. The van der Waals surface area contributed by atoms with Crippen molar-refractivity contribution in [3.8, 4) is 0 Å². The lowest BCUT2D eigenvalue weighted by Gasteiger charge is -2.29. The van der Waals surface area contributed by atoms with Crippen LogP contribution in [0, 0.1) is 6.92 Å². The summed E-state index contributed by atoms with van der Waals surface area (Å²) in [6.45, 7) is 9.50. The van der Waals surface area contributed by atoms with Crippen LogP contribution in [0.3, 0.4) is 0 Å². The van der Waals surface area contributed by atoms with Crippen molar-refractivity contribution in [3.63, 3.8) is 0 Å². The first-order valence-electron chi connectivity index (χ1n) is 6.76. The van der Waals surface area contributed by atoms with Gasteiger partial charge in [0.2, 0.25) is 0 Å². The fourth-order valence-corrected chi connectivity index (χ4v) is 1.98. The van der Waals surface area contributed by atoms with Crippen LogP contribution in [0.5, 0.6) is 0 Å². The third-order valence-corrected chi connectivity index (χ3v) is 2.97. The van der Waals surface area contributed by atoms with Crippen molar-refractivity contribution in [2.24, 2.45) is 9.98 Å². The summed E-state index contributed by atoms with van der Waals surface area (Å²) in [5.41, 5.74) is 3.31. The molecule has 1 aromatic rings. The molecule has 2 rings (SSSR count). The Labute approximate surface area is 114 Å². The Bertz CT molecular complexity index is 484. The maximum atomic E-state index is 5.40. The van der Waals surface area contributed by atoms with E-state index < -0.39 is 0 Å². The zero-order valence-corrected chi connectivity index (χ0v) is 11.9. The molecule has 1 aliphatic rings. The molecule has 1 aromatic carbocycles. The van der Waals surface area contributed by atoms with E-state index >= 15 is 0 Å². The molecule has 0 unspecified atom stereocenters. The summed E-state index contributed by atoms with van der Waals surface area (Å²) < 4.78 is 5.40. The number of morpholine rings is 1. The molecule has 0 atom stereocenters. The van der Waals surface area contributed by atoms with Gasteiger partial charge in [-0.05, 0) is 38.5 Å². The van der Waals surface area contributed by atoms with E-state index in [-0.39, 0.29) is 6.04 Å². The number of hydrogen-bond donors (Lipinski definition) is 0. The molecular formula is C15H21N3O. The van der Waals surface area contributed by atoms with Gasteiger partial charge >= 0.3 is 0 Å². The molecule has 0 spiro atoms. The lowest BCUT2D eigenvalue weighted by atomic mass is 10.1. The molecule has 0 amide bonds. The molecule has 0 bridgehead atoms. The van der Waals surface area contributed by atoms with Crippen LogP contribution in [0.25, 0.3) is 0 Å². The smallest absolute Gasteiger partial charge is 0.0979 e. The highest BCUT2D eigenvalue weighted by Gasteiger charge is 2.14. The summed E-state index contributed by atoms with van der Waals surface area (Å²) in [4.78, 5) is 10.8. The molecule has 0 radical (unpaired) electrons. The van der Waals surface area contributed by atoms with Crippen LogP contribution < -0.4 is 4.90 Å². The second-order valence-electron chi connectivity index (χ2n) is 5.03. The van der Waals surface area contributed by atoms with Crippen LogP contribution in [0.15, 0.2) is 28.2 Å². The van der Waals surface area contributed by atoms with Gasteiger partial charge in [0.15, 0.2) is 0 Å². The second kappa shape index (κ2) is 6.50. The van der Waals surface area contributed by atoms with Gasteiger partial charge < -0.3 is 9.64 Å². The first-order chi connectivity index (χ1) is 9.16. The van der Waals surface area contributed by atoms with Crippen molar-refractivity contribution in [3.05, 3.63) is 23.8 Å². The lowest BCUT2D eigenvalue weighted by Crippen LogP contribution is -2.36. The van der Waals surface area contributed by atoms with Crippen molar-refractivity contribution in [2.45, 2.75) is 26.8 Å². The Morgan fingerprint density at radius 2 is 2.00 bits per heavy atom. The highest BCUT2D eigenvalue weighted by Crippen LogP contribution is 2.30. The predicted octanol–water partition coefficient (Wildman–Crippen LogP) is 3.05. The van der Waals surface area contributed by atoms with Crippen LogP contribution in [0.1, 0.15) is 19.4 Å². The largest absolute Gasteiger partial charge is 0.378 e. The predicted molar refractivity (Wildman–Crippen MR) is 78.9 cm³/mol. The SMILES string of the molecule is Cc1ccc(N=C=NC(C)C)c(N2CCOCC2)c1. The van der Waals surface area contributed by atoms with E-state index in [2.05, 4.69) is 39.9 Å². The molecule has 0 saturated carbocycles. The number of nitrogens with zero attached hydrogens (tertiary/aromatic N) is 3. The van der Waals surface area contributed by atoms with Crippen LogP contribution in [-0.2, 0) is 4.74 Å². The van der Waals surface area contributed by atoms with Crippen molar-refractivity contribution >= 4 is 17.4 Å². The van der Waals surface area contributed by atoms with Crippen molar-refractivity contribution in [1.29, 1.82) is 0 Å². The Morgan fingerprint density at radius 3 is 2.68 bits per heavy atom. The van der Waals surface area contributed by atoms with Gasteiger partial charge in [0.05, 0.1) is 36.6 Å². The third kappa shape index (κ3) is 3.91. The first kappa shape index (κ1) is 13.8. The van der Waals surface area contributed by atoms with E-state index in [0.29, 0.717) is 0 Å². The Hall–Kier alpha value is -1.64. The molecule has 102 valence electrons. The molecule has 0 N–H and O–H groups in total. The van der Waals surface area contributed by atoms with Crippen molar-refractivity contribution in [1.82, 2.24) is 0 Å². The topological polar surface area (TPSA) is 37.2 Å². The van der Waals surface area contributed by atoms with E-state index in [1.807, 2.05) is 19.9 Å². The molecule has 1 heterocycles. The monoisotopic (exact) mass is 259 g/mol. The average molecular weight is 259 g/mol. The number of aryl methyl sites for hydroxylation is 1. The first-order valence-corrected chi connectivity index (χ1v) is 6.76. The van der Waals surface area contributed by atoms with Crippen LogP contribution in [-0.4, -0.2) is 38.4 Å². The molecular weight excluding hydrogens is 238 g/mol. The van der Waals surface area contributed by atoms with E-state index in [1.165, 1.54) is 5.56 Å². The number of anilines is 1. The molecule has 1 aliphatic heterocycles. The Balaban J connectivity index is 2.29. The van der Waals surface area contributed by atoms with E-state index in [1.54, 1.807) is 0 Å². The minimum atomic E-state index is 0.223. The minimum absolute atomic E-state index is 0.223. The molecule has 0 aliphatic carbocycles. The number of aliphatic imine (C=N–C) groups is 2. The average Bonchev–Trinajstić information content (AvgIpc) is 2.41. The van der Waals surface area contributed by atoms with Crippen molar-refractivity contribution < 1.29 is 4.74 Å². The maximum absolute atomic E-state index is 5.40. The van der Waals surface area contributed by atoms with Gasteiger partial charge in [-0.2, -0.15) is 4.99 Å². The Morgan fingerprint density at radius 1 is 1.26 bits per heavy atom. The standard InChI is InChI=1S/C15H21N3O/c1-12(2)16-11-17-14-5-4-13(3)10-15(14)18-6-8-19-9-7-18/h4-5,10,12H,6-9H2,1-3H3. The Kier molecular flexibility index (Phi) is 4.72. The summed E-state index contributed by atoms with van der Waals surface area (Å²) >= 11 is 0. The number of hydrogen-bond acceptors (Lipinski definition) is 4. The molecule has 4 heteroatoms. The molecule has 0 aromatic heterocycles. The quantitative estimate of drug-likeness (QED) is 0.782. The van der Waals surface area contributed by atoms with E-state index in [0.717, 1.165) is 37.7 Å². The van der Waals surface area contributed by atoms with E-state index in [4.69, 9.17) is 4.74 Å². The summed E-state index contributed by atoms with van der Waals surface area (Å²) in [6, 6.07) is 9.28. The second-order valence-corrected chi connectivity index (χ2v) is 5.03. The summed E-state index contributed by atoms with van der Waals surface area (Å²) in [6.07, 6.45) is 0. The van der Waals surface area contributed by atoms with Crippen molar-refractivity contribution in [2.75, 3.05) is 31.2 Å². The zero-order valence-electron chi connectivity index (χ0n) is 11.9. The van der Waals surface area contributed by atoms with Gasteiger partial charge in [-0.25, -0.2) is 4.99 Å². The van der Waals surface area contributed by atoms with Gasteiger partial charge in [0.1, 0.15) is 0 Å². The highest BCUT2D eigenvalue weighted by molar-refractivity contribution is 5.71. The number of rotatable bonds is 3. The minimum Gasteiger partial charge on any atom is -0.378 e. The number of benzene rings is 1. The van der Waals surface area contributed by atoms with Crippen LogP contribution >= 0.6 is 0 Å². The summed E-state index contributed by atoms with van der Waals surface area (Å²) in [5, 5.41) is 0. The molecule has 1 fully saturated rings.